The summed E-state index contributed by atoms with van der Waals surface area (Å²) in [7, 11) is -2.10. The minimum Gasteiger partial charge on any atom is -0.455 e. The molecule has 11 heteroatoms. The van der Waals surface area contributed by atoms with Crippen LogP contribution in [-0.2, 0) is 17.2 Å². The van der Waals surface area contributed by atoms with Crippen molar-refractivity contribution in [3.63, 3.8) is 0 Å². The highest BCUT2D eigenvalue weighted by molar-refractivity contribution is 8.53. The smallest absolute Gasteiger partial charge is 0.455 e. The zero-order valence-electron chi connectivity index (χ0n) is 14.0. The van der Waals surface area contributed by atoms with E-state index in [9.17, 15) is 27.9 Å². The van der Waals surface area contributed by atoms with Gasteiger partial charge in [-0.3, -0.25) is 10.1 Å². The van der Waals surface area contributed by atoms with E-state index in [1.54, 1.807) is 13.2 Å². The lowest BCUT2D eigenvalue weighted by molar-refractivity contribution is -0.383. The van der Waals surface area contributed by atoms with Gasteiger partial charge in [0.25, 0.3) is 5.30 Å². The van der Waals surface area contributed by atoms with E-state index >= 15 is 0 Å². The molecule has 0 aromatic heterocycles. The highest BCUT2D eigenvalue weighted by Crippen LogP contribution is 2.42. The van der Waals surface area contributed by atoms with Crippen molar-refractivity contribution < 1.29 is 27.4 Å². The minimum atomic E-state index is -4.55. The Morgan fingerprint density at radius 3 is 2.41 bits per heavy atom. The Kier molecular flexibility index (Phi) is 6.72. The molecule has 2 aromatic carbocycles. The molecule has 0 aliphatic heterocycles. The first kappa shape index (κ1) is 21.5. The van der Waals surface area contributed by atoms with Gasteiger partial charge in [-0.1, -0.05) is 23.1 Å². The summed E-state index contributed by atoms with van der Waals surface area (Å²) in [5, 5.41) is 11.0. The molecule has 0 bridgehead atoms. The highest BCUT2D eigenvalue weighted by Gasteiger charge is 2.34. The molecule has 5 nitrogen and oxygen atoms in total. The quantitative estimate of drug-likeness (QED) is 0.298. The molecule has 0 radical (unpaired) electrons. The van der Waals surface area contributed by atoms with Gasteiger partial charge in [-0.25, -0.2) is 0 Å². The predicted octanol–water partition coefficient (Wildman–Crippen LogP) is 6.35. The maximum atomic E-state index is 12.7. The van der Waals surface area contributed by atoms with Gasteiger partial charge >= 0.3 is 18.9 Å². The number of nitrogens with zero attached hydrogens (tertiary/aromatic N) is 1. The van der Waals surface area contributed by atoms with Gasteiger partial charge in [0.2, 0.25) is 0 Å². The minimum absolute atomic E-state index is 0.0160. The largest absolute Gasteiger partial charge is 0.456 e. The van der Waals surface area contributed by atoms with Crippen molar-refractivity contribution in [3.05, 3.63) is 56.6 Å². The van der Waals surface area contributed by atoms with E-state index in [1.807, 2.05) is 0 Å². The lowest BCUT2D eigenvalue weighted by atomic mass is 10.1. The zero-order chi connectivity index (χ0) is 20.4. The first-order valence-electron chi connectivity index (χ1n) is 7.45. The summed E-state index contributed by atoms with van der Waals surface area (Å²) in [5.41, 5.74) is -0.787. The number of ether oxygens (including phenoxy) is 1. The van der Waals surface area contributed by atoms with Crippen LogP contribution in [0, 0.1) is 10.1 Å². The number of alkyl halides is 3. The summed E-state index contributed by atoms with van der Waals surface area (Å²) in [4.78, 5) is 10.6. The van der Waals surface area contributed by atoms with Gasteiger partial charge in [-0.15, -0.1) is 0 Å². The SMILES string of the molecule is CCc1cc([N+](=O)[O-])c([P+](=O)SC)cc1Oc1ccc(C(F)(F)F)cc1Cl. The van der Waals surface area contributed by atoms with Crippen LogP contribution in [0.25, 0.3) is 0 Å². The Morgan fingerprint density at radius 1 is 1.26 bits per heavy atom. The molecule has 0 saturated carbocycles. The van der Waals surface area contributed by atoms with Crippen molar-refractivity contribution in [1.82, 2.24) is 0 Å². The van der Waals surface area contributed by atoms with E-state index in [1.165, 1.54) is 12.1 Å². The fourth-order valence-electron chi connectivity index (χ4n) is 2.24. The summed E-state index contributed by atoms with van der Waals surface area (Å²) in [5.74, 6) is 0.107. The molecule has 0 amide bonds. The van der Waals surface area contributed by atoms with Crippen LogP contribution in [-0.4, -0.2) is 11.2 Å². The van der Waals surface area contributed by atoms with E-state index in [0.717, 1.165) is 29.6 Å². The maximum absolute atomic E-state index is 12.7. The lowest BCUT2D eigenvalue weighted by Crippen LogP contribution is -2.08. The van der Waals surface area contributed by atoms with Gasteiger partial charge < -0.3 is 4.74 Å². The van der Waals surface area contributed by atoms with Crippen LogP contribution >= 0.6 is 30.0 Å². The van der Waals surface area contributed by atoms with Crippen LogP contribution in [0.4, 0.5) is 18.9 Å². The molecule has 2 aromatic rings. The molecule has 0 spiro atoms. The summed E-state index contributed by atoms with van der Waals surface area (Å²) in [6, 6.07) is 5.16. The number of aryl methyl sites for hydroxylation is 1. The van der Waals surface area contributed by atoms with Crippen LogP contribution in [0.3, 0.4) is 0 Å². The number of hydrogen-bond donors (Lipinski definition) is 0. The topological polar surface area (TPSA) is 69.4 Å². The van der Waals surface area contributed by atoms with Gasteiger partial charge in [0.15, 0.2) is 0 Å². The molecule has 0 fully saturated rings. The average Bonchev–Trinajstić information content (AvgIpc) is 2.61. The van der Waals surface area contributed by atoms with Crippen molar-refractivity contribution >= 4 is 41.0 Å². The molecule has 0 N–H and O–H groups in total. The Labute approximate surface area is 162 Å². The van der Waals surface area contributed by atoms with Crippen molar-refractivity contribution in [1.29, 1.82) is 0 Å². The Morgan fingerprint density at radius 2 is 1.93 bits per heavy atom. The standard InChI is InChI=1S/C16H13ClF3NO4PS/c1-3-9-6-12(21(22)23)15(26(24)27-2)8-14(9)25-13-5-4-10(7-11(13)17)16(18,19)20/h4-8H,3H2,1-2H3/q+1. The fourth-order valence-corrected chi connectivity index (χ4v) is 4.24. The van der Waals surface area contributed by atoms with Gasteiger partial charge in [0, 0.05) is 24.0 Å². The molecule has 0 aliphatic carbocycles. The molecule has 27 heavy (non-hydrogen) atoms. The van der Waals surface area contributed by atoms with E-state index in [2.05, 4.69) is 0 Å². The van der Waals surface area contributed by atoms with Crippen molar-refractivity contribution in [2.75, 3.05) is 6.26 Å². The predicted molar refractivity (Wildman–Crippen MR) is 99.8 cm³/mol. The lowest BCUT2D eigenvalue weighted by Gasteiger charge is -2.13. The number of halogens is 4. The summed E-state index contributed by atoms with van der Waals surface area (Å²) in [6.07, 6.45) is -2.65. The van der Waals surface area contributed by atoms with Crippen LogP contribution in [0.15, 0.2) is 30.3 Å². The summed E-state index contributed by atoms with van der Waals surface area (Å²) in [6.45, 7) is 1.73. The monoisotopic (exact) mass is 438 g/mol. The fraction of sp³-hybridized carbons (Fsp3) is 0.250. The molecular formula is C16H13ClF3NO4PS+. The number of hydrogen-bond acceptors (Lipinski definition) is 5. The van der Waals surface area contributed by atoms with E-state index in [0.29, 0.717) is 12.0 Å². The van der Waals surface area contributed by atoms with Crippen molar-refractivity contribution in [3.8, 4) is 11.5 Å². The third kappa shape index (κ3) is 4.91. The van der Waals surface area contributed by atoms with Gasteiger partial charge in [0.1, 0.15) is 22.9 Å². The summed E-state index contributed by atoms with van der Waals surface area (Å²) >= 11 is 6.84. The van der Waals surface area contributed by atoms with Crippen LogP contribution in [0.5, 0.6) is 11.5 Å². The van der Waals surface area contributed by atoms with E-state index in [4.69, 9.17) is 16.3 Å². The first-order chi connectivity index (χ1) is 12.6. The highest BCUT2D eigenvalue weighted by atomic mass is 35.5. The molecule has 2 rings (SSSR count). The molecule has 1 unspecified atom stereocenters. The maximum Gasteiger partial charge on any atom is 0.456 e. The second-order valence-corrected chi connectivity index (χ2v) is 9.10. The number of rotatable bonds is 6. The van der Waals surface area contributed by atoms with Crippen LogP contribution in [0.2, 0.25) is 5.02 Å². The number of nitro benzene ring substituents is 1. The second-order valence-electron chi connectivity index (χ2n) is 5.24. The Hall–Kier alpha value is -1.83. The summed E-state index contributed by atoms with van der Waals surface area (Å²) < 4.78 is 56.0. The number of nitro groups is 1. The zero-order valence-corrected chi connectivity index (χ0v) is 16.5. The van der Waals surface area contributed by atoms with E-state index in [-0.39, 0.29) is 27.5 Å². The molecule has 0 saturated heterocycles. The normalized spacial score (nSPS) is 12.0. The van der Waals surface area contributed by atoms with Gasteiger partial charge in [0.05, 0.1) is 15.5 Å². The van der Waals surface area contributed by atoms with Crippen molar-refractivity contribution in [2.24, 2.45) is 0 Å². The molecule has 144 valence electrons. The average molecular weight is 439 g/mol. The Bertz CT molecular complexity index is 908. The second kappa shape index (κ2) is 8.46. The van der Waals surface area contributed by atoms with Gasteiger partial charge in [-0.05, 0) is 24.6 Å². The molecular weight excluding hydrogens is 426 g/mol. The third-order valence-electron chi connectivity index (χ3n) is 3.58. The molecule has 0 heterocycles. The third-order valence-corrected chi connectivity index (χ3v) is 6.54. The molecule has 0 aliphatic rings. The van der Waals surface area contributed by atoms with Crippen LogP contribution < -0.4 is 10.0 Å². The van der Waals surface area contributed by atoms with Gasteiger partial charge in [-0.2, -0.15) is 13.2 Å². The van der Waals surface area contributed by atoms with E-state index < -0.39 is 23.7 Å². The first-order valence-corrected chi connectivity index (χ1v) is 10.9. The van der Waals surface area contributed by atoms with Crippen LogP contribution in [0.1, 0.15) is 18.1 Å². The Balaban J connectivity index is 2.52. The van der Waals surface area contributed by atoms with Crippen molar-refractivity contribution in [2.45, 2.75) is 19.5 Å². The molecule has 1 atom stereocenters. The number of benzene rings is 2.